The Bertz CT molecular complexity index is 256. The van der Waals surface area contributed by atoms with Crippen molar-refractivity contribution in [3.63, 3.8) is 0 Å². The lowest BCUT2D eigenvalue weighted by Gasteiger charge is -2.15. The van der Waals surface area contributed by atoms with Crippen molar-refractivity contribution in [2.45, 2.75) is 26.2 Å². The van der Waals surface area contributed by atoms with Gasteiger partial charge in [-0.25, -0.2) is 0 Å². The second kappa shape index (κ2) is 4.62. The zero-order valence-corrected chi connectivity index (χ0v) is 13.0. The Labute approximate surface area is 87.2 Å². The summed E-state index contributed by atoms with van der Waals surface area (Å²) in [6.45, 7) is 4.53. The van der Waals surface area contributed by atoms with E-state index in [2.05, 4.69) is 42.3 Å². The molecule has 0 heterocycles. The van der Waals surface area contributed by atoms with E-state index in [4.69, 9.17) is 0 Å². The van der Waals surface area contributed by atoms with E-state index in [1.54, 1.807) is 0 Å². The fourth-order valence-corrected chi connectivity index (χ4v) is 1.93. The molecular formula is C10H19NSi2. The molecule has 13 heavy (non-hydrogen) atoms. The first kappa shape index (κ1) is 10.5. The zero-order valence-electron chi connectivity index (χ0n) is 9.04. The molecule has 0 N–H and O–H groups in total. The van der Waals surface area contributed by atoms with Crippen LogP contribution in [0.15, 0.2) is 24.3 Å². The highest BCUT2D eigenvalue weighted by molar-refractivity contribution is 6.41. The molecule has 0 aliphatic heterocycles. The fourth-order valence-electron chi connectivity index (χ4n) is 1.34. The van der Waals surface area contributed by atoms with Gasteiger partial charge in [0.1, 0.15) is 0 Å². The Kier molecular flexibility index (Phi) is 3.75. The van der Waals surface area contributed by atoms with E-state index < -0.39 is 0 Å². The number of rotatable bonds is 3. The first-order chi connectivity index (χ1) is 6.15. The van der Waals surface area contributed by atoms with Crippen molar-refractivity contribution >= 4 is 26.5 Å². The quantitative estimate of drug-likeness (QED) is 0.658. The molecule has 72 valence electrons. The molecule has 1 rings (SSSR count). The summed E-state index contributed by atoms with van der Waals surface area (Å²) >= 11 is 0. The standard InChI is InChI=1S/C10H19NSi2/c1-3-8(2)9-4-6-10(7-5-9)11(12)13/h4-8H,3H2,1-2,12-13H3/t8-/m1/s1. The van der Waals surface area contributed by atoms with Gasteiger partial charge < -0.3 is 4.23 Å². The maximum atomic E-state index is 2.40. The molecule has 1 aromatic rings. The van der Waals surface area contributed by atoms with Gasteiger partial charge in [-0.3, -0.25) is 0 Å². The molecule has 0 spiro atoms. The van der Waals surface area contributed by atoms with E-state index in [0.717, 1.165) is 20.8 Å². The van der Waals surface area contributed by atoms with Crippen LogP contribution in [-0.4, -0.2) is 20.8 Å². The summed E-state index contributed by atoms with van der Waals surface area (Å²) in [6, 6.07) is 9.04. The van der Waals surface area contributed by atoms with Gasteiger partial charge in [0.05, 0.1) is 20.8 Å². The Balaban J connectivity index is 2.81. The molecule has 0 radical (unpaired) electrons. The first-order valence-electron chi connectivity index (χ1n) is 4.92. The predicted octanol–water partition coefficient (Wildman–Crippen LogP) is 0.567. The largest absolute Gasteiger partial charge is 0.439 e. The lowest BCUT2D eigenvalue weighted by molar-refractivity contribution is 0.734. The van der Waals surface area contributed by atoms with Gasteiger partial charge in [0.15, 0.2) is 0 Å². The maximum absolute atomic E-state index is 2.40. The van der Waals surface area contributed by atoms with E-state index in [-0.39, 0.29) is 0 Å². The highest BCUT2D eigenvalue weighted by Gasteiger charge is 2.02. The summed E-state index contributed by atoms with van der Waals surface area (Å²) < 4.78 is 2.40. The van der Waals surface area contributed by atoms with Crippen LogP contribution in [0.2, 0.25) is 0 Å². The topological polar surface area (TPSA) is 3.24 Å². The molecule has 1 aromatic carbocycles. The van der Waals surface area contributed by atoms with Gasteiger partial charge in [0.2, 0.25) is 0 Å². The highest BCUT2D eigenvalue weighted by Crippen LogP contribution is 2.20. The van der Waals surface area contributed by atoms with Crippen LogP contribution in [0.1, 0.15) is 31.7 Å². The molecule has 0 saturated carbocycles. The molecule has 0 fully saturated rings. The summed E-state index contributed by atoms with van der Waals surface area (Å²) in [7, 11) is 2.29. The second-order valence-corrected chi connectivity index (χ2v) is 8.27. The van der Waals surface area contributed by atoms with Gasteiger partial charge in [-0.2, -0.15) is 0 Å². The van der Waals surface area contributed by atoms with Crippen LogP contribution in [-0.2, 0) is 0 Å². The number of anilines is 1. The molecule has 0 bridgehead atoms. The van der Waals surface area contributed by atoms with E-state index in [1.807, 2.05) is 0 Å². The number of nitrogens with zero attached hydrogens (tertiary/aromatic N) is 1. The minimum Gasteiger partial charge on any atom is -0.439 e. The molecule has 0 aliphatic carbocycles. The van der Waals surface area contributed by atoms with E-state index in [0.29, 0.717) is 5.92 Å². The van der Waals surface area contributed by atoms with Gasteiger partial charge in [-0.05, 0) is 30.0 Å². The summed E-state index contributed by atoms with van der Waals surface area (Å²) in [5.74, 6) is 0.700. The Hall–Kier alpha value is -0.546. The number of benzene rings is 1. The number of hydrogen-bond acceptors (Lipinski definition) is 1. The monoisotopic (exact) mass is 209 g/mol. The Morgan fingerprint density at radius 2 is 1.77 bits per heavy atom. The number of hydrogen-bond donors (Lipinski definition) is 0. The van der Waals surface area contributed by atoms with Crippen LogP contribution >= 0.6 is 0 Å². The third kappa shape index (κ3) is 2.70. The minimum atomic E-state index is 0.700. The molecule has 1 nitrogen and oxygen atoms in total. The van der Waals surface area contributed by atoms with Gasteiger partial charge in [0, 0.05) is 5.69 Å². The minimum absolute atomic E-state index is 0.700. The zero-order chi connectivity index (χ0) is 9.84. The van der Waals surface area contributed by atoms with Crippen molar-refractivity contribution in [3.8, 4) is 0 Å². The van der Waals surface area contributed by atoms with Crippen LogP contribution in [0.4, 0.5) is 5.69 Å². The SMILES string of the molecule is CC[C@@H](C)c1ccc(N([SiH3])[SiH3])cc1. The van der Waals surface area contributed by atoms with Crippen LogP contribution in [0.5, 0.6) is 0 Å². The van der Waals surface area contributed by atoms with Gasteiger partial charge in [0.25, 0.3) is 0 Å². The molecule has 0 amide bonds. The van der Waals surface area contributed by atoms with Crippen molar-refractivity contribution in [1.82, 2.24) is 0 Å². The van der Waals surface area contributed by atoms with Crippen LogP contribution in [0, 0.1) is 0 Å². The summed E-state index contributed by atoms with van der Waals surface area (Å²) in [5, 5.41) is 0. The van der Waals surface area contributed by atoms with Gasteiger partial charge >= 0.3 is 0 Å². The predicted molar refractivity (Wildman–Crippen MR) is 67.5 cm³/mol. The summed E-state index contributed by atoms with van der Waals surface area (Å²) in [5.41, 5.74) is 2.86. The molecule has 0 saturated heterocycles. The summed E-state index contributed by atoms with van der Waals surface area (Å²) in [4.78, 5) is 0. The highest BCUT2D eigenvalue weighted by atomic mass is 28.2. The van der Waals surface area contributed by atoms with Crippen LogP contribution < -0.4 is 4.23 Å². The molecule has 0 unspecified atom stereocenters. The smallest absolute Gasteiger partial charge is 0.0965 e. The molecular weight excluding hydrogens is 190 g/mol. The van der Waals surface area contributed by atoms with Crippen molar-refractivity contribution in [3.05, 3.63) is 29.8 Å². The normalized spacial score (nSPS) is 13.1. The van der Waals surface area contributed by atoms with Crippen molar-refractivity contribution in [2.75, 3.05) is 4.23 Å². The lowest BCUT2D eigenvalue weighted by Crippen LogP contribution is -2.13. The molecule has 0 aliphatic rings. The van der Waals surface area contributed by atoms with E-state index in [1.165, 1.54) is 17.7 Å². The Morgan fingerprint density at radius 1 is 1.23 bits per heavy atom. The average molecular weight is 209 g/mol. The van der Waals surface area contributed by atoms with Crippen LogP contribution in [0.25, 0.3) is 0 Å². The van der Waals surface area contributed by atoms with Crippen LogP contribution in [0.3, 0.4) is 0 Å². The van der Waals surface area contributed by atoms with Gasteiger partial charge in [-0.1, -0.05) is 26.0 Å². The van der Waals surface area contributed by atoms with Crippen molar-refractivity contribution in [1.29, 1.82) is 0 Å². The van der Waals surface area contributed by atoms with Gasteiger partial charge in [-0.15, -0.1) is 0 Å². The third-order valence-corrected chi connectivity index (χ3v) is 3.62. The lowest BCUT2D eigenvalue weighted by atomic mass is 9.99. The maximum Gasteiger partial charge on any atom is 0.0965 e. The van der Waals surface area contributed by atoms with E-state index in [9.17, 15) is 0 Å². The summed E-state index contributed by atoms with van der Waals surface area (Å²) in [6.07, 6.45) is 1.23. The molecule has 3 heteroatoms. The third-order valence-electron chi connectivity index (χ3n) is 2.59. The Morgan fingerprint density at radius 3 is 2.15 bits per heavy atom. The average Bonchev–Trinajstić information content (AvgIpc) is 2.17. The second-order valence-electron chi connectivity index (χ2n) is 3.80. The van der Waals surface area contributed by atoms with Crippen molar-refractivity contribution < 1.29 is 0 Å². The van der Waals surface area contributed by atoms with E-state index >= 15 is 0 Å². The molecule has 1 atom stereocenters. The first-order valence-corrected chi connectivity index (χ1v) is 6.71. The molecule has 0 aromatic heterocycles. The van der Waals surface area contributed by atoms with Crippen molar-refractivity contribution in [2.24, 2.45) is 0 Å². The fraction of sp³-hybridized carbons (Fsp3) is 0.400.